The van der Waals surface area contributed by atoms with Crippen LogP contribution in [0, 0.1) is 22.7 Å². The standard InChI is InChI=1S/C21H28F3N3O4.C14H18F3N3O2.C7H12O3/c1-11-2-15(3-11)29-10-17(28)25-14-8-20(9-14)6-13(7-20)19-27-26-18(30-19)12-4-16(5-12)31-21(22,23)24;15-14(16,17)22-10-1-7(2-10)11-19-20-12(21-11)8-3-13(4-8)5-9(18)6-13;1-5-2-6(3-5)10-4-7(8)9/h11-16H,2-10H2,1H3,(H,25,28);7-10H,1-6,18H2;5-6H,2-4H2,1H3,(H,8,9). The fourth-order valence-electron chi connectivity index (χ4n) is 11.0. The molecule has 0 saturated heterocycles. The molecule has 63 heavy (non-hydrogen) atoms. The highest BCUT2D eigenvalue weighted by Gasteiger charge is 2.56. The average molecular weight is 905 g/mol. The van der Waals surface area contributed by atoms with Crippen LogP contribution < -0.4 is 11.1 Å². The lowest BCUT2D eigenvalue weighted by Gasteiger charge is -2.57. The second-order valence-electron chi connectivity index (χ2n) is 20.1. The first-order valence-corrected chi connectivity index (χ1v) is 22.3. The van der Waals surface area contributed by atoms with Crippen LogP contribution in [0.1, 0.15) is 164 Å². The van der Waals surface area contributed by atoms with E-state index < -0.39 is 30.9 Å². The maximum Gasteiger partial charge on any atom is 0.522 e. The van der Waals surface area contributed by atoms with Crippen LogP contribution in [0.3, 0.4) is 0 Å². The largest absolute Gasteiger partial charge is 0.522 e. The van der Waals surface area contributed by atoms with Crippen LogP contribution in [-0.4, -0.2) is 99.8 Å². The number of nitrogens with zero attached hydrogens (tertiary/aromatic N) is 4. The van der Waals surface area contributed by atoms with E-state index in [0.29, 0.717) is 40.9 Å². The summed E-state index contributed by atoms with van der Waals surface area (Å²) < 4.78 is 103. The van der Waals surface area contributed by atoms with Gasteiger partial charge >= 0.3 is 18.7 Å². The lowest BCUT2D eigenvalue weighted by atomic mass is 9.50. The molecule has 8 fully saturated rings. The lowest BCUT2D eigenvalue weighted by Crippen LogP contribution is -2.56. The number of hydrogen-bond donors (Lipinski definition) is 3. The number of aromatic nitrogens is 4. The summed E-state index contributed by atoms with van der Waals surface area (Å²) in [4.78, 5) is 22.0. The Kier molecular flexibility index (Phi) is 13.3. The molecule has 8 aliphatic rings. The molecule has 352 valence electrons. The van der Waals surface area contributed by atoms with Crippen LogP contribution in [0.5, 0.6) is 0 Å². The van der Waals surface area contributed by atoms with Gasteiger partial charge in [-0.25, -0.2) is 4.79 Å². The highest BCUT2D eigenvalue weighted by atomic mass is 19.4. The molecule has 15 nitrogen and oxygen atoms in total. The Morgan fingerprint density at radius 2 is 1.00 bits per heavy atom. The number of carboxylic acids is 1. The van der Waals surface area contributed by atoms with Gasteiger partial charge in [0.25, 0.3) is 0 Å². The molecule has 2 spiro atoms. The Labute approximate surface area is 360 Å². The molecular weight excluding hydrogens is 846 g/mol. The van der Waals surface area contributed by atoms with Crippen molar-refractivity contribution >= 4 is 11.9 Å². The number of carboxylic acid groups (broad SMARTS) is 1. The Morgan fingerprint density at radius 1 is 0.619 bits per heavy atom. The van der Waals surface area contributed by atoms with Crippen molar-refractivity contribution < 1.29 is 68.8 Å². The Hall–Kier alpha value is -3.40. The fourth-order valence-corrected chi connectivity index (χ4v) is 11.0. The molecule has 0 aromatic carbocycles. The summed E-state index contributed by atoms with van der Waals surface area (Å²) in [7, 11) is 0. The number of carbonyl (C=O) groups excluding carboxylic acids is 1. The van der Waals surface area contributed by atoms with Gasteiger partial charge in [0.05, 0.1) is 24.4 Å². The zero-order valence-corrected chi connectivity index (χ0v) is 35.5. The smallest absolute Gasteiger partial charge is 0.480 e. The van der Waals surface area contributed by atoms with Gasteiger partial charge < -0.3 is 34.5 Å². The van der Waals surface area contributed by atoms with E-state index in [1.165, 1.54) is 0 Å². The zero-order valence-electron chi connectivity index (χ0n) is 35.5. The Balaban J connectivity index is 0.000000147. The summed E-state index contributed by atoms with van der Waals surface area (Å²) in [5.41, 5.74) is 6.46. The molecule has 1 amide bonds. The summed E-state index contributed by atoms with van der Waals surface area (Å²) in [5, 5.41) is 27.5. The number of hydrogen-bond acceptors (Lipinski definition) is 13. The van der Waals surface area contributed by atoms with Crippen molar-refractivity contribution in [1.29, 1.82) is 0 Å². The number of alkyl halides is 6. The van der Waals surface area contributed by atoms with Gasteiger partial charge in [-0.1, -0.05) is 13.8 Å². The molecule has 8 saturated carbocycles. The van der Waals surface area contributed by atoms with E-state index in [9.17, 15) is 35.9 Å². The molecule has 21 heteroatoms. The van der Waals surface area contributed by atoms with Crippen molar-refractivity contribution in [2.24, 2.45) is 28.4 Å². The van der Waals surface area contributed by atoms with Crippen LogP contribution in [0.25, 0.3) is 0 Å². The van der Waals surface area contributed by atoms with Crippen LogP contribution >= 0.6 is 0 Å². The van der Waals surface area contributed by atoms with Gasteiger partial charge in [-0.05, 0) is 125 Å². The summed E-state index contributed by atoms with van der Waals surface area (Å²) in [6.07, 6.45) is 2.88. The third kappa shape index (κ3) is 11.7. The molecule has 10 rings (SSSR count). The number of halogens is 6. The predicted molar refractivity (Wildman–Crippen MR) is 206 cm³/mol. The normalized spacial score (nSPS) is 38.6. The third-order valence-corrected chi connectivity index (χ3v) is 14.5. The SMILES string of the molecule is CC1CC(OCC(=O)NC2CC3(C2)CC(c2nnc(C4CC(OC(F)(F)F)C4)o2)C3)C1.CC1CC(OCC(=O)O)C1.NC1CC2(C1)CC(c1nnc(C3CC(OC(F)(F)F)C3)o1)C2. The second kappa shape index (κ2) is 18.1. The third-order valence-electron chi connectivity index (χ3n) is 14.5. The van der Waals surface area contributed by atoms with E-state index in [2.05, 4.69) is 49.0 Å². The molecule has 2 aromatic heterocycles. The number of rotatable bonds is 13. The topological polar surface area (TPSA) is 207 Å². The highest BCUT2D eigenvalue weighted by Crippen LogP contribution is 2.62. The minimum Gasteiger partial charge on any atom is -0.480 e. The van der Waals surface area contributed by atoms with E-state index >= 15 is 0 Å². The molecule has 0 aliphatic heterocycles. The van der Waals surface area contributed by atoms with Gasteiger partial charge in [0, 0.05) is 35.8 Å². The molecule has 2 aromatic rings. The summed E-state index contributed by atoms with van der Waals surface area (Å²) in [6, 6.07) is 0.538. The van der Waals surface area contributed by atoms with Crippen molar-refractivity contribution in [3.05, 3.63) is 23.6 Å². The summed E-state index contributed by atoms with van der Waals surface area (Å²) >= 11 is 0. The fraction of sp³-hybridized carbons (Fsp3) is 0.857. The molecule has 4 N–H and O–H groups in total. The van der Waals surface area contributed by atoms with Crippen LogP contribution in [0.4, 0.5) is 26.3 Å². The van der Waals surface area contributed by atoms with Crippen LogP contribution in [-0.2, 0) is 28.5 Å². The lowest BCUT2D eigenvalue weighted by molar-refractivity contribution is -0.353. The van der Waals surface area contributed by atoms with Gasteiger partial charge in [-0.15, -0.1) is 46.7 Å². The summed E-state index contributed by atoms with van der Waals surface area (Å²) in [6.45, 7) is 4.33. The van der Waals surface area contributed by atoms with Gasteiger partial charge in [-0.2, -0.15) is 0 Å². The maximum absolute atomic E-state index is 12.2. The molecular formula is C42H58F6N6O9. The van der Waals surface area contributed by atoms with Crippen molar-refractivity contribution in [3.8, 4) is 0 Å². The van der Waals surface area contributed by atoms with Gasteiger partial charge in [0.15, 0.2) is 0 Å². The number of aliphatic carboxylic acids is 1. The van der Waals surface area contributed by atoms with E-state index in [1.807, 2.05) is 0 Å². The van der Waals surface area contributed by atoms with Gasteiger partial charge in [0.1, 0.15) is 13.2 Å². The number of carbonyl (C=O) groups is 2. The first-order chi connectivity index (χ1) is 29.7. The zero-order chi connectivity index (χ0) is 44.9. The van der Waals surface area contributed by atoms with Crippen LogP contribution in [0.2, 0.25) is 0 Å². The van der Waals surface area contributed by atoms with Crippen molar-refractivity contribution in [3.63, 3.8) is 0 Å². The molecule has 2 heterocycles. The first kappa shape index (κ1) is 46.1. The summed E-state index contributed by atoms with van der Waals surface area (Å²) in [5.74, 6) is 2.80. The van der Waals surface area contributed by atoms with E-state index in [4.69, 9.17) is 29.1 Å². The second-order valence-corrected chi connectivity index (χ2v) is 20.1. The Morgan fingerprint density at radius 3 is 1.37 bits per heavy atom. The highest BCUT2D eigenvalue weighted by molar-refractivity contribution is 5.77. The molecule has 0 radical (unpaired) electrons. The average Bonchev–Trinajstić information content (AvgIpc) is 3.75. The predicted octanol–water partition coefficient (Wildman–Crippen LogP) is 7.53. The minimum absolute atomic E-state index is 0.0369. The van der Waals surface area contributed by atoms with E-state index in [1.54, 1.807) is 0 Å². The molecule has 0 atom stereocenters. The minimum atomic E-state index is -4.60. The Bertz CT molecular complexity index is 1860. The molecule has 8 aliphatic carbocycles. The van der Waals surface area contributed by atoms with Crippen molar-refractivity contribution in [1.82, 2.24) is 25.7 Å². The van der Waals surface area contributed by atoms with Gasteiger partial charge in [0.2, 0.25) is 29.5 Å². The monoisotopic (exact) mass is 904 g/mol. The number of amides is 1. The molecule has 0 bridgehead atoms. The van der Waals surface area contributed by atoms with Crippen LogP contribution in [0.15, 0.2) is 8.83 Å². The van der Waals surface area contributed by atoms with E-state index in [0.717, 1.165) is 83.0 Å². The number of ether oxygens (including phenoxy) is 4. The molecule has 0 unspecified atom stereocenters. The quantitative estimate of drug-likeness (QED) is 0.166. The van der Waals surface area contributed by atoms with Gasteiger partial charge in [-0.3, -0.25) is 14.3 Å². The number of nitrogens with one attached hydrogen (secondary N) is 1. The van der Waals surface area contributed by atoms with Crippen molar-refractivity contribution in [2.75, 3.05) is 13.2 Å². The van der Waals surface area contributed by atoms with E-state index in [-0.39, 0.29) is 92.1 Å². The van der Waals surface area contributed by atoms with Crippen molar-refractivity contribution in [2.45, 2.75) is 189 Å². The first-order valence-electron chi connectivity index (χ1n) is 22.3. The maximum atomic E-state index is 12.2. The number of nitrogens with two attached hydrogens (primary N) is 1.